The highest BCUT2D eigenvalue weighted by Gasteiger charge is 2.50. The molecule has 2 heteroatoms. The Morgan fingerprint density at radius 2 is 2.00 bits per heavy atom. The quantitative estimate of drug-likeness (QED) is 0.895. The SMILES string of the molecule is CCCC(O)(CC)C1(C#N)CCc2ccccc2C1. The lowest BCUT2D eigenvalue weighted by Crippen LogP contribution is -2.50. The molecule has 1 N–H and O–H groups in total. The van der Waals surface area contributed by atoms with Crippen LogP contribution in [0.25, 0.3) is 0 Å². The molecule has 0 aromatic heterocycles. The fourth-order valence-electron chi connectivity index (χ4n) is 3.50. The third kappa shape index (κ3) is 2.28. The number of nitriles is 1. The summed E-state index contributed by atoms with van der Waals surface area (Å²) in [5, 5.41) is 20.7. The third-order valence-corrected chi connectivity index (χ3v) is 4.79. The van der Waals surface area contributed by atoms with Crippen molar-refractivity contribution in [2.24, 2.45) is 5.41 Å². The smallest absolute Gasteiger partial charge is 0.0903 e. The highest BCUT2D eigenvalue weighted by atomic mass is 16.3. The van der Waals surface area contributed by atoms with Crippen LogP contribution in [0.1, 0.15) is 50.7 Å². The first kappa shape index (κ1) is 14.1. The van der Waals surface area contributed by atoms with Crippen LogP contribution in [0.2, 0.25) is 0 Å². The monoisotopic (exact) mass is 257 g/mol. The predicted molar refractivity (Wildman–Crippen MR) is 76.7 cm³/mol. The van der Waals surface area contributed by atoms with Gasteiger partial charge in [-0.15, -0.1) is 0 Å². The molecule has 0 spiro atoms. The maximum atomic E-state index is 11.0. The summed E-state index contributed by atoms with van der Waals surface area (Å²) < 4.78 is 0. The lowest BCUT2D eigenvalue weighted by atomic mass is 9.60. The Kier molecular flexibility index (Phi) is 3.96. The van der Waals surface area contributed by atoms with Crippen LogP contribution in [0.4, 0.5) is 0 Å². The number of aliphatic hydroxyl groups is 1. The van der Waals surface area contributed by atoms with E-state index in [1.165, 1.54) is 11.1 Å². The number of nitrogens with zero attached hydrogens (tertiary/aromatic N) is 1. The standard InChI is InChI=1S/C17H23NO/c1-3-10-17(19,4-2)16(13-18)11-9-14-7-5-6-8-15(14)12-16/h5-8,19H,3-4,9-12H2,1-2H3. The van der Waals surface area contributed by atoms with E-state index in [1.54, 1.807) is 0 Å². The number of hydrogen-bond donors (Lipinski definition) is 1. The van der Waals surface area contributed by atoms with Crippen molar-refractivity contribution >= 4 is 0 Å². The second-order valence-corrected chi connectivity index (χ2v) is 5.77. The summed E-state index contributed by atoms with van der Waals surface area (Å²) in [6.07, 6.45) is 4.62. The normalized spacial score (nSPS) is 25.2. The van der Waals surface area contributed by atoms with Gasteiger partial charge < -0.3 is 5.11 Å². The summed E-state index contributed by atoms with van der Waals surface area (Å²) in [5.74, 6) is 0. The first-order chi connectivity index (χ1) is 9.11. The fraction of sp³-hybridized carbons (Fsp3) is 0.588. The highest BCUT2D eigenvalue weighted by molar-refractivity contribution is 5.34. The molecule has 2 nitrogen and oxygen atoms in total. The fourth-order valence-corrected chi connectivity index (χ4v) is 3.50. The lowest BCUT2D eigenvalue weighted by Gasteiger charge is -2.45. The number of fused-ring (bicyclic) bond motifs is 1. The van der Waals surface area contributed by atoms with Crippen molar-refractivity contribution in [3.8, 4) is 6.07 Å². The minimum Gasteiger partial charge on any atom is -0.388 e. The molecule has 0 radical (unpaired) electrons. The van der Waals surface area contributed by atoms with Gasteiger partial charge in [-0.05, 0) is 43.2 Å². The van der Waals surface area contributed by atoms with Crippen molar-refractivity contribution < 1.29 is 5.11 Å². The molecule has 0 saturated heterocycles. The van der Waals surface area contributed by atoms with Crippen molar-refractivity contribution in [1.29, 1.82) is 5.26 Å². The van der Waals surface area contributed by atoms with E-state index < -0.39 is 11.0 Å². The second kappa shape index (κ2) is 5.35. The zero-order valence-electron chi connectivity index (χ0n) is 11.9. The van der Waals surface area contributed by atoms with Gasteiger partial charge in [0.05, 0.1) is 17.1 Å². The molecular weight excluding hydrogens is 234 g/mol. The van der Waals surface area contributed by atoms with Crippen molar-refractivity contribution in [2.75, 3.05) is 0 Å². The van der Waals surface area contributed by atoms with Gasteiger partial charge in [-0.1, -0.05) is 44.5 Å². The first-order valence-electron chi connectivity index (χ1n) is 7.31. The van der Waals surface area contributed by atoms with Crippen LogP contribution in [0.15, 0.2) is 24.3 Å². The van der Waals surface area contributed by atoms with Crippen molar-refractivity contribution in [3.63, 3.8) is 0 Å². The van der Waals surface area contributed by atoms with Gasteiger partial charge in [0.15, 0.2) is 0 Å². The maximum absolute atomic E-state index is 11.0. The van der Waals surface area contributed by atoms with Crippen molar-refractivity contribution in [3.05, 3.63) is 35.4 Å². The van der Waals surface area contributed by atoms with Crippen LogP contribution in [0, 0.1) is 16.7 Å². The molecule has 0 amide bonds. The van der Waals surface area contributed by atoms with Gasteiger partial charge in [-0.25, -0.2) is 0 Å². The minimum atomic E-state index is -0.857. The van der Waals surface area contributed by atoms with Crippen LogP contribution in [0.3, 0.4) is 0 Å². The molecule has 19 heavy (non-hydrogen) atoms. The Morgan fingerprint density at radius 3 is 2.58 bits per heavy atom. The average molecular weight is 257 g/mol. The van der Waals surface area contributed by atoms with Gasteiger partial charge in [0.1, 0.15) is 0 Å². The zero-order valence-corrected chi connectivity index (χ0v) is 11.9. The summed E-state index contributed by atoms with van der Waals surface area (Å²) in [6, 6.07) is 10.8. The van der Waals surface area contributed by atoms with Crippen LogP contribution >= 0.6 is 0 Å². The molecule has 0 heterocycles. The predicted octanol–water partition coefficient (Wildman–Crippen LogP) is 3.63. The minimum absolute atomic E-state index is 0.619. The first-order valence-corrected chi connectivity index (χ1v) is 7.31. The lowest BCUT2D eigenvalue weighted by molar-refractivity contribution is -0.0724. The van der Waals surface area contributed by atoms with Crippen LogP contribution in [-0.4, -0.2) is 10.7 Å². The number of rotatable bonds is 4. The van der Waals surface area contributed by atoms with E-state index in [9.17, 15) is 10.4 Å². The molecule has 2 unspecified atom stereocenters. The Labute approximate surface area is 116 Å². The van der Waals surface area contributed by atoms with Gasteiger partial charge in [-0.2, -0.15) is 5.26 Å². The van der Waals surface area contributed by atoms with E-state index in [4.69, 9.17) is 0 Å². The van der Waals surface area contributed by atoms with Crippen LogP contribution in [0.5, 0.6) is 0 Å². The molecule has 0 aliphatic heterocycles. The molecule has 0 fully saturated rings. The van der Waals surface area contributed by atoms with E-state index in [0.29, 0.717) is 19.3 Å². The molecule has 102 valence electrons. The summed E-state index contributed by atoms with van der Waals surface area (Å²) in [7, 11) is 0. The van der Waals surface area contributed by atoms with E-state index in [-0.39, 0.29) is 0 Å². The number of aryl methyl sites for hydroxylation is 1. The molecule has 1 aromatic carbocycles. The summed E-state index contributed by atoms with van der Waals surface area (Å²) in [4.78, 5) is 0. The molecule has 1 aromatic rings. The second-order valence-electron chi connectivity index (χ2n) is 5.77. The van der Waals surface area contributed by atoms with E-state index in [0.717, 1.165) is 19.3 Å². The maximum Gasteiger partial charge on any atom is 0.0903 e. The van der Waals surface area contributed by atoms with E-state index in [2.05, 4.69) is 31.2 Å². The summed E-state index contributed by atoms with van der Waals surface area (Å²) in [5.41, 5.74) is 1.09. The summed E-state index contributed by atoms with van der Waals surface area (Å²) in [6.45, 7) is 4.07. The molecule has 2 rings (SSSR count). The van der Waals surface area contributed by atoms with Gasteiger partial charge in [0, 0.05) is 0 Å². The molecule has 1 aliphatic rings. The number of hydrogen-bond acceptors (Lipinski definition) is 2. The topological polar surface area (TPSA) is 44.0 Å². The Morgan fingerprint density at radius 1 is 1.32 bits per heavy atom. The summed E-state index contributed by atoms with van der Waals surface area (Å²) >= 11 is 0. The Balaban J connectivity index is 2.39. The van der Waals surface area contributed by atoms with E-state index in [1.807, 2.05) is 13.0 Å². The molecule has 2 atom stereocenters. The van der Waals surface area contributed by atoms with Gasteiger partial charge >= 0.3 is 0 Å². The molecule has 1 aliphatic carbocycles. The van der Waals surface area contributed by atoms with Crippen molar-refractivity contribution in [1.82, 2.24) is 0 Å². The zero-order chi connectivity index (χ0) is 13.9. The molecule has 0 bridgehead atoms. The Bertz CT molecular complexity index is 490. The van der Waals surface area contributed by atoms with Gasteiger partial charge in [0.2, 0.25) is 0 Å². The van der Waals surface area contributed by atoms with Crippen LogP contribution in [-0.2, 0) is 12.8 Å². The van der Waals surface area contributed by atoms with Crippen LogP contribution < -0.4 is 0 Å². The number of benzene rings is 1. The van der Waals surface area contributed by atoms with Gasteiger partial charge in [0.25, 0.3) is 0 Å². The van der Waals surface area contributed by atoms with E-state index >= 15 is 0 Å². The third-order valence-electron chi connectivity index (χ3n) is 4.79. The van der Waals surface area contributed by atoms with Crippen molar-refractivity contribution in [2.45, 2.75) is 58.0 Å². The Hall–Kier alpha value is -1.33. The molecule has 0 saturated carbocycles. The van der Waals surface area contributed by atoms with Gasteiger partial charge in [-0.3, -0.25) is 0 Å². The largest absolute Gasteiger partial charge is 0.388 e. The highest BCUT2D eigenvalue weighted by Crippen LogP contribution is 2.46. The average Bonchev–Trinajstić information content (AvgIpc) is 2.46. The molecular formula is C17H23NO.